The third kappa shape index (κ3) is 5.94. The molecular formula is C21H31FN2O3. The Kier molecular flexibility index (Phi) is 6.84. The lowest BCUT2D eigenvalue weighted by Gasteiger charge is -2.39. The second-order valence-corrected chi connectivity index (χ2v) is 8.37. The first-order valence-electron chi connectivity index (χ1n) is 9.63. The number of hydrogen-bond acceptors (Lipinski definition) is 3. The largest absolute Gasteiger partial charge is 0.444 e. The minimum Gasteiger partial charge on any atom is -0.444 e. The predicted molar refractivity (Wildman–Crippen MR) is 103 cm³/mol. The molecule has 0 saturated carbocycles. The Morgan fingerprint density at radius 1 is 1.22 bits per heavy atom. The molecule has 5 nitrogen and oxygen atoms in total. The van der Waals surface area contributed by atoms with Gasteiger partial charge in [0.05, 0.1) is 0 Å². The van der Waals surface area contributed by atoms with Gasteiger partial charge in [-0.1, -0.05) is 12.1 Å². The average Bonchev–Trinajstić information content (AvgIpc) is 2.59. The maximum atomic E-state index is 13.3. The van der Waals surface area contributed by atoms with Crippen LogP contribution in [0.25, 0.3) is 0 Å². The fourth-order valence-electron chi connectivity index (χ4n) is 3.22. The molecule has 0 spiro atoms. The van der Waals surface area contributed by atoms with E-state index in [0.717, 1.165) is 18.4 Å². The number of carbonyl (C=O) groups is 2. The van der Waals surface area contributed by atoms with E-state index in [1.54, 1.807) is 21.9 Å². The van der Waals surface area contributed by atoms with E-state index in [9.17, 15) is 14.0 Å². The number of benzene rings is 1. The normalized spacial score (nSPS) is 17.7. The molecule has 0 unspecified atom stereocenters. The van der Waals surface area contributed by atoms with E-state index in [0.29, 0.717) is 19.5 Å². The van der Waals surface area contributed by atoms with E-state index >= 15 is 0 Å². The number of carbonyl (C=O) groups excluding carboxylic acids is 2. The summed E-state index contributed by atoms with van der Waals surface area (Å²) in [6, 6.07) is 5.61. The van der Waals surface area contributed by atoms with Gasteiger partial charge >= 0.3 is 6.09 Å². The van der Waals surface area contributed by atoms with Crippen LogP contribution in [0.2, 0.25) is 0 Å². The van der Waals surface area contributed by atoms with Crippen molar-refractivity contribution in [3.8, 4) is 0 Å². The molecule has 0 radical (unpaired) electrons. The summed E-state index contributed by atoms with van der Waals surface area (Å²) in [6.45, 7) is 10.3. The summed E-state index contributed by atoms with van der Waals surface area (Å²) < 4.78 is 18.7. The number of ether oxygens (including phenoxy) is 1. The Balaban J connectivity index is 2.18. The van der Waals surface area contributed by atoms with E-state index in [2.05, 4.69) is 0 Å². The van der Waals surface area contributed by atoms with Gasteiger partial charge in [0.1, 0.15) is 17.5 Å². The first-order chi connectivity index (χ1) is 12.6. The van der Waals surface area contributed by atoms with Gasteiger partial charge in [-0.2, -0.15) is 0 Å². The summed E-state index contributed by atoms with van der Waals surface area (Å²) in [6.07, 6.45) is 1.96. The zero-order valence-electron chi connectivity index (χ0n) is 17.0. The predicted octanol–water partition coefficient (Wildman–Crippen LogP) is 4.35. The highest BCUT2D eigenvalue weighted by molar-refractivity contribution is 5.86. The number of nitrogens with zero attached hydrogens (tertiary/aromatic N) is 2. The van der Waals surface area contributed by atoms with Crippen LogP contribution in [0.3, 0.4) is 0 Å². The van der Waals surface area contributed by atoms with Gasteiger partial charge in [0.2, 0.25) is 5.91 Å². The molecule has 0 bridgehead atoms. The zero-order chi connectivity index (χ0) is 20.2. The molecular weight excluding hydrogens is 347 g/mol. The SMILES string of the molecule is CC(C)N(Cc1ccc(F)cc1)C(=O)[C@H]1CCCCN1C(=O)OC(C)(C)C. The molecule has 0 N–H and O–H groups in total. The van der Waals surface area contributed by atoms with Gasteiger partial charge in [-0.15, -0.1) is 0 Å². The lowest BCUT2D eigenvalue weighted by Crippen LogP contribution is -2.55. The van der Waals surface area contributed by atoms with Crippen LogP contribution in [-0.2, 0) is 16.1 Å². The summed E-state index contributed by atoms with van der Waals surface area (Å²) in [5, 5.41) is 0. The first-order valence-corrected chi connectivity index (χ1v) is 9.63. The van der Waals surface area contributed by atoms with Crippen LogP contribution < -0.4 is 0 Å². The maximum absolute atomic E-state index is 13.3. The fraction of sp³-hybridized carbons (Fsp3) is 0.619. The van der Waals surface area contributed by atoms with Crippen LogP contribution >= 0.6 is 0 Å². The summed E-state index contributed by atoms with van der Waals surface area (Å²) in [5.41, 5.74) is 0.256. The Morgan fingerprint density at radius 2 is 1.85 bits per heavy atom. The Hall–Kier alpha value is -2.11. The lowest BCUT2D eigenvalue weighted by atomic mass is 10.0. The van der Waals surface area contributed by atoms with Crippen molar-refractivity contribution in [2.45, 2.75) is 78.1 Å². The summed E-state index contributed by atoms with van der Waals surface area (Å²) in [7, 11) is 0. The molecule has 150 valence electrons. The third-order valence-corrected chi connectivity index (χ3v) is 4.59. The molecule has 1 aliphatic rings. The van der Waals surface area contributed by atoms with Crippen molar-refractivity contribution in [3.63, 3.8) is 0 Å². The Labute approximate surface area is 161 Å². The smallest absolute Gasteiger partial charge is 0.410 e. The third-order valence-electron chi connectivity index (χ3n) is 4.59. The highest BCUT2D eigenvalue weighted by Gasteiger charge is 2.37. The van der Waals surface area contributed by atoms with Gasteiger partial charge in [0.25, 0.3) is 0 Å². The van der Waals surface area contributed by atoms with Gasteiger partial charge in [-0.25, -0.2) is 9.18 Å². The zero-order valence-corrected chi connectivity index (χ0v) is 17.0. The standard InChI is InChI=1S/C21H31FN2O3/c1-15(2)24(14-16-9-11-17(22)12-10-16)19(25)18-8-6-7-13-23(18)20(26)27-21(3,4)5/h9-12,15,18H,6-8,13-14H2,1-5H3/t18-/m1/s1. The van der Waals surface area contributed by atoms with Gasteiger partial charge in [0.15, 0.2) is 0 Å². The van der Waals surface area contributed by atoms with E-state index in [4.69, 9.17) is 4.74 Å². The molecule has 1 atom stereocenters. The van der Waals surface area contributed by atoms with Crippen LogP contribution in [0.1, 0.15) is 59.4 Å². The van der Waals surface area contributed by atoms with E-state index < -0.39 is 17.7 Å². The monoisotopic (exact) mass is 378 g/mol. The number of amides is 2. The second-order valence-electron chi connectivity index (χ2n) is 8.37. The lowest BCUT2D eigenvalue weighted by molar-refractivity contribution is -0.140. The molecule has 1 aliphatic heterocycles. The number of rotatable bonds is 4. The van der Waals surface area contributed by atoms with E-state index in [1.165, 1.54) is 12.1 Å². The molecule has 1 heterocycles. The van der Waals surface area contributed by atoms with Crippen molar-refractivity contribution in [1.29, 1.82) is 0 Å². The molecule has 0 aliphatic carbocycles. The second kappa shape index (κ2) is 8.72. The van der Waals surface area contributed by atoms with Crippen LogP contribution in [0.5, 0.6) is 0 Å². The van der Waals surface area contributed by atoms with Gasteiger partial charge in [-0.05, 0) is 71.6 Å². The summed E-state index contributed by atoms with van der Waals surface area (Å²) >= 11 is 0. The van der Waals surface area contributed by atoms with Crippen LogP contribution in [-0.4, -0.2) is 46.0 Å². The molecule has 6 heteroatoms. The van der Waals surface area contributed by atoms with Gasteiger partial charge < -0.3 is 9.64 Å². The Morgan fingerprint density at radius 3 is 2.41 bits per heavy atom. The number of likely N-dealkylation sites (tertiary alicyclic amines) is 1. The van der Waals surface area contributed by atoms with E-state index in [-0.39, 0.29) is 17.8 Å². The van der Waals surface area contributed by atoms with Crippen molar-refractivity contribution in [3.05, 3.63) is 35.6 Å². The summed E-state index contributed by atoms with van der Waals surface area (Å²) in [4.78, 5) is 29.2. The molecule has 2 rings (SSSR count). The highest BCUT2D eigenvalue weighted by Crippen LogP contribution is 2.23. The van der Waals surface area contributed by atoms with Crippen molar-refractivity contribution in [2.24, 2.45) is 0 Å². The molecule has 1 fully saturated rings. The van der Waals surface area contributed by atoms with Crippen LogP contribution in [0.15, 0.2) is 24.3 Å². The van der Waals surface area contributed by atoms with Gasteiger partial charge in [-0.3, -0.25) is 9.69 Å². The maximum Gasteiger partial charge on any atom is 0.410 e. The number of hydrogen-bond donors (Lipinski definition) is 0. The minimum atomic E-state index is -0.603. The van der Waals surface area contributed by atoms with Crippen molar-refractivity contribution in [1.82, 2.24) is 9.80 Å². The Bertz CT molecular complexity index is 652. The quantitative estimate of drug-likeness (QED) is 0.782. The van der Waals surface area contributed by atoms with Crippen molar-refractivity contribution < 1.29 is 18.7 Å². The van der Waals surface area contributed by atoms with Gasteiger partial charge in [0, 0.05) is 19.1 Å². The van der Waals surface area contributed by atoms with Crippen LogP contribution in [0.4, 0.5) is 9.18 Å². The summed E-state index contributed by atoms with van der Waals surface area (Å²) in [5.74, 6) is -0.385. The molecule has 1 saturated heterocycles. The minimum absolute atomic E-state index is 0.0371. The fourth-order valence-corrected chi connectivity index (χ4v) is 3.22. The molecule has 2 amide bonds. The molecule has 27 heavy (non-hydrogen) atoms. The molecule has 1 aromatic rings. The highest BCUT2D eigenvalue weighted by atomic mass is 19.1. The van der Waals surface area contributed by atoms with E-state index in [1.807, 2.05) is 34.6 Å². The number of halogens is 1. The van der Waals surface area contributed by atoms with Crippen LogP contribution in [0, 0.1) is 5.82 Å². The van der Waals surface area contributed by atoms with Crippen molar-refractivity contribution in [2.75, 3.05) is 6.54 Å². The van der Waals surface area contributed by atoms with Crippen molar-refractivity contribution >= 4 is 12.0 Å². The first kappa shape index (κ1) is 21.2. The topological polar surface area (TPSA) is 49.9 Å². The molecule has 0 aromatic heterocycles. The molecule has 1 aromatic carbocycles. The number of piperidine rings is 1. The average molecular weight is 378 g/mol.